The van der Waals surface area contributed by atoms with Gasteiger partial charge in [-0.1, -0.05) is 0 Å². The fourth-order valence-electron chi connectivity index (χ4n) is 1.53. The summed E-state index contributed by atoms with van der Waals surface area (Å²) in [5.41, 5.74) is 0.273. The van der Waals surface area contributed by atoms with Crippen molar-refractivity contribution in [3.05, 3.63) is 57.5 Å². The lowest BCUT2D eigenvalue weighted by Gasteiger charge is -2.10. The van der Waals surface area contributed by atoms with Crippen molar-refractivity contribution in [1.82, 2.24) is 0 Å². The van der Waals surface area contributed by atoms with Crippen LogP contribution in [0.25, 0.3) is 0 Å². The third kappa shape index (κ3) is 2.40. The van der Waals surface area contributed by atoms with Gasteiger partial charge in [-0.15, -0.1) is 0 Å². The minimum Gasteiger partial charge on any atom is -0.469 e. The number of hydrogen-bond acceptors (Lipinski definition) is 2. The fourth-order valence-corrected chi connectivity index (χ4v) is 1.85. The minimum absolute atomic E-state index is 0.0225. The van der Waals surface area contributed by atoms with E-state index in [1.54, 1.807) is 13.0 Å². The topological polar surface area (TPSA) is 33.4 Å². The maximum atomic E-state index is 13.6. The highest BCUT2D eigenvalue weighted by molar-refractivity contribution is 9.10. The van der Waals surface area contributed by atoms with E-state index < -0.39 is 17.7 Å². The Morgan fingerprint density at radius 2 is 1.94 bits per heavy atom. The third-order valence-electron chi connectivity index (χ3n) is 2.40. The van der Waals surface area contributed by atoms with Gasteiger partial charge in [-0.3, -0.25) is 0 Å². The molecule has 1 heterocycles. The van der Waals surface area contributed by atoms with Crippen LogP contribution in [0.1, 0.15) is 23.0 Å². The summed E-state index contributed by atoms with van der Waals surface area (Å²) in [5.74, 6) is -0.706. The molecule has 0 fully saturated rings. The van der Waals surface area contributed by atoms with Gasteiger partial charge in [0.1, 0.15) is 23.5 Å². The molecular weight excluding hydrogens is 294 g/mol. The number of halogens is 3. The second kappa shape index (κ2) is 4.58. The lowest BCUT2D eigenvalue weighted by atomic mass is 10.0. The molecule has 0 spiro atoms. The van der Waals surface area contributed by atoms with Gasteiger partial charge in [0.2, 0.25) is 0 Å². The summed E-state index contributed by atoms with van der Waals surface area (Å²) in [6, 6.07) is 3.53. The average molecular weight is 303 g/mol. The zero-order chi connectivity index (χ0) is 12.6. The van der Waals surface area contributed by atoms with Crippen LogP contribution in [0.4, 0.5) is 8.78 Å². The number of aliphatic hydroxyl groups is 1. The Bertz CT molecular complexity index is 551. The highest BCUT2D eigenvalue weighted by Crippen LogP contribution is 2.29. The highest BCUT2D eigenvalue weighted by Gasteiger charge is 2.19. The second-order valence-corrected chi connectivity index (χ2v) is 4.54. The summed E-state index contributed by atoms with van der Waals surface area (Å²) in [7, 11) is 0. The van der Waals surface area contributed by atoms with E-state index >= 15 is 0 Å². The predicted octanol–water partition coefficient (Wildman–Crippen LogP) is 3.71. The molecule has 1 aromatic carbocycles. The second-order valence-electron chi connectivity index (χ2n) is 3.68. The van der Waals surface area contributed by atoms with Gasteiger partial charge in [-0.25, -0.2) is 8.78 Å². The molecule has 2 rings (SSSR count). The summed E-state index contributed by atoms with van der Waals surface area (Å²) in [4.78, 5) is 0. The van der Waals surface area contributed by atoms with Crippen molar-refractivity contribution in [1.29, 1.82) is 0 Å². The average Bonchev–Trinajstić information content (AvgIpc) is 2.69. The van der Waals surface area contributed by atoms with Crippen LogP contribution < -0.4 is 0 Å². The summed E-state index contributed by atoms with van der Waals surface area (Å²) in [6.07, 6.45) is 0.0781. The number of hydrogen-bond donors (Lipinski definition) is 1. The smallest absolute Gasteiger partial charge is 0.137 e. The number of benzene rings is 1. The normalized spacial score (nSPS) is 12.8. The van der Waals surface area contributed by atoms with Crippen LogP contribution in [0.3, 0.4) is 0 Å². The van der Waals surface area contributed by atoms with Crippen molar-refractivity contribution in [3.63, 3.8) is 0 Å². The minimum atomic E-state index is -1.24. The zero-order valence-corrected chi connectivity index (χ0v) is 10.5. The van der Waals surface area contributed by atoms with Gasteiger partial charge in [0.15, 0.2) is 0 Å². The van der Waals surface area contributed by atoms with Gasteiger partial charge >= 0.3 is 0 Å². The maximum Gasteiger partial charge on any atom is 0.137 e. The van der Waals surface area contributed by atoms with Crippen LogP contribution in [0.5, 0.6) is 0 Å². The Hall–Kier alpha value is -1.20. The van der Waals surface area contributed by atoms with Gasteiger partial charge < -0.3 is 9.52 Å². The number of aryl methyl sites for hydroxylation is 1. The summed E-state index contributed by atoms with van der Waals surface area (Å²) >= 11 is 2.87. The first-order chi connectivity index (χ1) is 7.99. The van der Waals surface area contributed by atoms with E-state index in [9.17, 15) is 13.9 Å². The first kappa shape index (κ1) is 12.3. The van der Waals surface area contributed by atoms with Crippen LogP contribution in [0.2, 0.25) is 0 Å². The third-order valence-corrected chi connectivity index (χ3v) is 3.01. The molecular formula is C12H9BrF2O2. The molecule has 17 heavy (non-hydrogen) atoms. The zero-order valence-electron chi connectivity index (χ0n) is 8.88. The molecule has 2 nitrogen and oxygen atoms in total. The van der Waals surface area contributed by atoms with Gasteiger partial charge in [-0.05, 0) is 41.1 Å². The van der Waals surface area contributed by atoms with Crippen LogP contribution in [0.15, 0.2) is 33.4 Å². The Balaban J connectivity index is 2.43. The molecule has 0 aliphatic heterocycles. The molecule has 0 radical (unpaired) electrons. The van der Waals surface area contributed by atoms with Crippen molar-refractivity contribution in [2.45, 2.75) is 13.0 Å². The number of furan rings is 1. The molecule has 0 aliphatic carbocycles. The van der Waals surface area contributed by atoms with Gasteiger partial charge in [0, 0.05) is 11.1 Å². The van der Waals surface area contributed by atoms with Gasteiger partial charge in [0.25, 0.3) is 0 Å². The van der Waals surface area contributed by atoms with Crippen molar-refractivity contribution in [3.8, 4) is 0 Å². The molecule has 5 heteroatoms. The largest absolute Gasteiger partial charge is 0.469 e. The first-order valence-corrected chi connectivity index (χ1v) is 5.66. The standard InChI is InChI=1S/C12H9BrF2O2/c1-6-2-7(5-17-6)12(16)8-3-11(15)9(13)4-10(8)14/h2-5,12,16H,1H3. The molecule has 1 unspecified atom stereocenters. The van der Waals surface area contributed by atoms with E-state index in [4.69, 9.17) is 4.42 Å². The van der Waals surface area contributed by atoms with Crippen LogP contribution in [0, 0.1) is 18.6 Å². The Morgan fingerprint density at radius 3 is 2.53 bits per heavy atom. The molecule has 2 aromatic rings. The Kier molecular flexibility index (Phi) is 3.31. The molecule has 90 valence electrons. The molecule has 0 bridgehead atoms. The molecule has 0 aliphatic rings. The molecule has 1 N–H and O–H groups in total. The summed E-state index contributed by atoms with van der Waals surface area (Å²) < 4.78 is 31.9. The van der Waals surface area contributed by atoms with Gasteiger partial charge in [0.05, 0.1) is 10.7 Å². The predicted molar refractivity (Wildman–Crippen MR) is 61.6 cm³/mol. The molecule has 0 saturated heterocycles. The lowest BCUT2D eigenvalue weighted by Crippen LogP contribution is -2.02. The maximum absolute atomic E-state index is 13.6. The number of aliphatic hydroxyl groups excluding tert-OH is 1. The summed E-state index contributed by atoms with van der Waals surface area (Å²) in [5, 5.41) is 9.92. The van der Waals surface area contributed by atoms with E-state index in [1.165, 1.54) is 6.26 Å². The van der Waals surface area contributed by atoms with Gasteiger partial charge in [-0.2, -0.15) is 0 Å². The number of rotatable bonds is 2. The van der Waals surface area contributed by atoms with Crippen LogP contribution in [-0.2, 0) is 0 Å². The van der Waals surface area contributed by atoms with E-state index in [-0.39, 0.29) is 10.0 Å². The Labute approximate surface area is 105 Å². The first-order valence-electron chi connectivity index (χ1n) is 4.86. The van der Waals surface area contributed by atoms with Crippen molar-refractivity contribution < 1.29 is 18.3 Å². The summed E-state index contributed by atoms with van der Waals surface area (Å²) in [6.45, 7) is 1.70. The van der Waals surface area contributed by atoms with Crippen molar-refractivity contribution in [2.75, 3.05) is 0 Å². The van der Waals surface area contributed by atoms with Crippen molar-refractivity contribution in [2.24, 2.45) is 0 Å². The lowest BCUT2D eigenvalue weighted by molar-refractivity contribution is 0.213. The van der Waals surface area contributed by atoms with Crippen molar-refractivity contribution >= 4 is 15.9 Å². The quantitative estimate of drug-likeness (QED) is 0.858. The molecule has 0 amide bonds. The SMILES string of the molecule is Cc1cc(C(O)c2cc(F)c(Br)cc2F)co1. The fraction of sp³-hybridized carbons (Fsp3) is 0.167. The molecule has 1 aromatic heterocycles. The van der Waals surface area contributed by atoms with E-state index in [0.29, 0.717) is 11.3 Å². The van der Waals surface area contributed by atoms with Crippen LogP contribution in [-0.4, -0.2) is 5.11 Å². The van der Waals surface area contributed by atoms with Crippen LogP contribution >= 0.6 is 15.9 Å². The molecule has 0 saturated carbocycles. The molecule has 1 atom stereocenters. The Morgan fingerprint density at radius 1 is 1.24 bits per heavy atom. The van der Waals surface area contributed by atoms with E-state index in [2.05, 4.69) is 15.9 Å². The highest BCUT2D eigenvalue weighted by atomic mass is 79.9. The monoisotopic (exact) mass is 302 g/mol. The van der Waals surface area contributed by atoms with E-state index in [0.717, 1.165) is 12.1 Å². The van der Waals surface area contributed by atoms with E-state index in [1.807, 2.05) is 0 Å².